The molecule has 0 radical (unpaired) electrons. The van der Waals surface area contributed by atoms with E-state index in [0.29, 0.717) is 10.2 Å². The predicted molar refractivity (Wildman–Crippen MR) is 117 cm³/mol. The third-order valence-corrected chi connectivity index (χ3v) is 5.82. The summed E-state index contributed by atoms with van der Waals surface area (Å²) in [5, 5.41) is 1.36. The minimum absolute atomic E-state index is 0.215. The highest BCUT2D eigenvalue weighted by Gasteiger charge is 2.27. The van der Waals surface area contributed by atoms with Crippen LogP contribution >= 0.6 is 23.4 Å². The van der Waals surface area contributed by atoms with Gasteiger partial charge in [0.15, 0.2) is 5.16 Å². The number of hydrogen-bond acceptors (Lipinski definition) is 6. The summed E-state index contributed by atoms with van der Waals surface area (Å²) in [6, 6.07) is 12.3. The predicted octanol–water partition coefficient (Wildman–Crippen LogP) is 4.77. The van der Waals surface area contributed by atoms with Gasteiger partial charge in [0.05, 0.1) is 10.7 Å². The van der Waals surface area contributed by atoms with Crippen molar-refractivity contribution in [2.24, 2.45) is 0 Å². The summed E-state index contributed by atoms with van der Waals surface area (Å²) in [5.41, 5.74) is 1.67. The molecule has 0 bridgehead atoms. The molecule has 2 aromatic heterocycles. The van der Waals surface area contributed by atoms with Crippen molar-refractivity contribution in [2.75, 3.05) is 35.7 Å². The topological polar surface area (TPSA) is 45.2 Å². The molecule has 1 aliphatic heterocycles. The molecular formula is C21H21ClFN5S. The van der Waals surface area contributed by atoms with E-state index in [1.54, 1.807) is 18.3 Å². The van der Waals surface area contributed by atoms with Gasteiger partial charge in [-0.25, -0.2) is 19.3 Å². The lowest BCUT2D eigenvalue weighted by Gasteiger charge is -2.41. The Morgan fingerprint density at radius 1 is 1.14 bits per heavy atom. The molecule has 8 heteroatoms. The molecule has 1 unspecified atom stereocenters. The maximum atomic E-state index is 13.3. The molecule has 0 aliphatic carbocycles. The van der Waals surface area contributed by atoms with Crippen LogP contribution in [0.15, 0.2) is 53.8 Å². The Morgan fingerprint density at radius 2 is 1.93 bits per heavy atom. The molecule has 5 nitrogen and oxygen atoms in total. The molecule has 29 heavy (non-hydrogen) atoms. The van der Waals surface area contributed by atoms with E-state index >= 15 is 0 Å². The van der Waals surface area contributed by atoms with Crippen LogP contribution in [0.25, 0.3) is 11.3 Å². The van der Waals surface area contributed by atoms with Crippen molar-refractivity contribution < 1.29 is 4.39 Å². The lowest BCUT2D eigenvalue weighted by molar-refractivity contribution is 0.541. The normalized spacial score (nSPS) is 16.9. The number of benzene rings is 1. The average molecular weight is 430 g/mol. The van der Waals surface area contributed by atoms with Gasteiger partial charge in [-0.3, -0.25) is 0 Å². The van der Waals surface area contributed by atoms with E-state index in [1.807, 2.05) is 24.5 Å². The number of thioether (sulfide) groups is 1. The number of anilines is 2. The fourth-order valence-corrected chi connectivity index (χ4v) is 4.14. The molecule has 3 aromatic rings. The van der Waals surface area contributed by atoms with Crippen molar-refractivity contribution in [1.82, 2.24) is 15.0 Å². The first kappa shape index (κ1) is 19.9. The van der Waals surface area contributed by atoms with E-state index in [1.165, 1.54) is 23.9 Å². The Balaban J connectivity index is 1.60. The van der Waals surface area contributed by atoms with Crippen LogP contribution in [-0.2, 0) is 0 Å². The number of halogens is 2. The molecule has 0 N–H and O–H groups in total. The van der Waals surface area contributed by atoms with Gasteiger partial charge in [-0.15, -0.1) is 0 Å². The molecule has 3 heterocycles. The summed E-state index contributed by atoms with van der Waals surface area (Å²) in [5.74, 6) is 1.44. The maximum Gasteiger partial charge on any atom is 0.189 e. The van der Waals surface area contributed by atoms with E-state index < -0.39 is 0 Å². The van der Waals surface area contributed by atoms with Gasteiger partial charge in [0.1, 0.15) is 17.5 Å². The van der Waals surface area contributed by atoms with Crippen molar-refractivity contribution in [3.63, 3.8) is 0 Å². The summed E-state index contributed by atoms with van der Waals surface area (Å²) in [4.78, 5) is 18.3. The fourth-order valence-electron chi connectivity index (χ4n) is 3.52. The molecule has 1 atom stereocenters. The van der Waals surface area contributed by atoms with Crippen LogP contribution in [0.5, 0.6) is 0 Å². The van der Waals surface area contributed by atoms with Gasteiger partial charge in [-0.1, -0.05) is 23.4 Å². The summed E-state index contributed by atoms with van der Waals surface area (Å²) in [6.45, 7) is 4.55. The van der Waals surface area contributed by atoms with Crippen LogP contribution in [-0.4, -0.2) is 46.9 Å². The molecule has 150 valence electrons. The molecule has 0 amide bonds. The molecule has 0 saturated carbocycles. The molecular weight excluding hydrogens is 409 g/mol. The van der Waals surface area contributed by atoms with Gasteiger partial charge in [0.25, 0.3) is 0 Å². The summed E-state index contributed by atoms with van der Waals surface area (Å²) < 4.78 is 13.3. The van der Waals surface area contributed by atoms with Crippen molar-refractivity contribution in [2.45, 2.75) is 18.1 Å². The zero-order valence-corrected chi connectivity index (χ0v) is 17.8. The zero-order valence-electron chi connectivity index (χ0n) is 16.2. The minimum atomic E-state index is -0.258. The van der Waals surface area contributed by atoms with Crippen molar-refractivity contribution >= 4 is 35.0 Å². The Morgan fingerprint density at radius 3 is 2.62 bits per heavy atom. The van der Waals surface area contributed by atoms with Crippen molar-refractivity contribution in [3.05, 3.63) is 59.5 Å². The lowest BCUT2D eigenvalue weighted by atomic mass is 10.1. The molecule has 1 aromatic carbocycles. The maximum absolute atomic E-state index is 13.3. The number of pyridine rings is 1. The third-order valence-electron chi connectivity index (χ3n) is 4.98. The Kier molecular flexibility index (Phi) is 5.87. The second kappa shape index (κ2) is 8.55. The van der Waals surface area contributed by atoms with Gasteiger partial charge in [0.2, 0.25) is 0 Å². The number of piperazine rings is 1. The van der Waals surface area contributed by atoms with Gasteiger partial charge in [-0.05, 0) is 49.6 Å². The van der Waals surface area contributed by atoms with E-state index in [0.717, 1.165) is 42.5 Å². The van der Waals surface area contributed by atoms with Gasteiger partial charge in [-0.2, -0.15) is 0 Å². The first-order valence-corrected chi connectivity index (χ1v) is 11.0. The molecule has 0 spiro atoms. The summed E-state index contributed by atoms with van der Waals surface area (Å²) in [6.07, 6.45) is 3.72. The van der Waals surface area contributed by atoms with Crippen LogP contribution in [0.1, 0.15) is 6.92 Å². The Bertz CT molecular complexity index is 1000. The van der Waals surface area contributed by atoms with Crippen LogP contribution in [0.4, 0.5) is 16.0 Å². The van der Waals surface area contributed by atoms with Gasteiger partial charge >= 0.3 is 0 Å². The van der Waals surface area contributed by atoms with Gasteiger partial charge in [0, 0.05) is 43.5 Å². The van der Waals surface area contributed by atoms with Crippen LogP contribution < -0.4 is 9.80 Å². The van der Waals surface area contributed by atoms with Crippen LogP contribution in [0.3, 0.4) is 0 Å². The second-order valence-electron chi connectivity index (χ2n) is 6.90. The SMILES string of the molecule is CSc1nc(-c2ccc(F)cc2)cc(N2CCN(c3ncccc3Cl)CC2C)n1. The largest absolute Gasteiger partial charge is 0.352 e. The summed E-state index contributed by atoms with van der Waals surface area (Å²) in [7, 11) is 0. The lowest BCUT2D eigenvalue weighted by Crippen LogP contribution is -2.52. The minimum Gasteiger partial charge on any atom is -0.352 e. The van der Waals surface area contributed by atoms with E-state index in [-0.39, 0.29) is 11.9 Å². The monoisotopic (exact) mass is 429 g/mol. The second-order valence-corrected chi connectivity index (χ2v) is 8.08. The van der Waals surface area contributed by atoms with Crippen LogP contribution in [0.2, 0.25) is 5.02 Å². The molecule has 1 aliphatic rings. The number of aromatic nitrogens is 3. The first-order valence-electron chi connectivity index (χ1n) is 9.36. The third kappa shape index (κ3) is 4.31. The van der Waals surface area contributed by atoms with E-state index in [2.05, 4.69) is 26.7 Å². The van der Waals surface area contributed by atoms with Gasteiger partial charge < -0.3 is 9.80 Å². The summed E-state index contributed by atoms with van der Waals surface area (Å²) >= 11 is 7.83. The smallest absolute Gasteiger partial charge is 0.189 e. The van der Waals surface area contributed by atoms with E-state index in [9.17, 15) is 4.39 Å². The molecule has 4 rings (SSSR count). The van der Waals surface area contributed by atoms with Crippen molar-refractivity contribution in [1.29, 1.82) is 0 Å². The quantitative estimate of drug-likeness (QED) is 0.439. The standard InChI is InChI=1S/C21H21ClFN5S/c1-14-13-27(20-17(22)4-3-9-24-20)10-11-28(14)19-12-18(25-21(26-19)29-2)15-5-7-16(23)8-6-15/h3-9,12,14H,10-11,13H2,1-2H3. The number of rotatable bonds is 4. The van der Waals surface area contributed by atoms with E-state index in [4.69, 9.17) is 16.6 Å². The number of hydrogen-bond donors (Lipinski definition) is 0. The zero-order chi connectivity index (χ0) is 20.4. The average Bonchev–Trinajstić information content (AvgIpc) is 2.74. The number of nitrogens with zero attached hydrogens (tertiary/aromatic N) is 5. The highest BCUT2D eigenvalue weighted by Crippen LogP contribution is 2.29. The molecule has 1 fully saturated rings. The first-order chi connectivity index (χ1) is 14.0. The molecule has 1 saturated heterocycles. The highest BCUT2D eigenvalue weighted by atomic mass is 35.5. The van der Waals surface area contributed by atoms with Crippen LogP contribution in [0, 0.1) is 5.82 Å². The fraction of sp³-hybridized carbons (Fsp3) is 0.286. The Hall–Kier alpha value is -2.38. The Labute approximate surface area is 178 Å². The van der Waals surface area contributed by atoms with Crippen molar-refractivity contribution in [3.8, 4) is 11.3 Å². The highest BCUT2D eigenvalue weighted by molar-refractivity contribution is 7.98.